The minimum atomic E-state index is -0.490. The molecule has 0 bridgehead atoms. The quantitative estimate of drug-likeness (QED) is 0.826. The Morgan fingerprint density at radius 2 is 1.74 bits per heavy atom. The fourth-order valence-electron chi connectivity index (χ4n) is 2.58. The van der Waals surface area contributed by atoms with Crippen LogP contribution < -0.4 is 0 Å². The summed E-state index contributed by atoms with van der Waals surface area (Å²) in [4.78, 5) is 12.0. The summed E-state index contributed by atoms with van der Waals surface area (Å²) < 4.78 is 4.93. The Labute approximate surface area is 115 Å². The maximum absolute atomic E-state index is 12.0. The summed E-state index contributed by atoms with van der Waals surface area (Å²) in [7, 11) is 1.43. The molecule has 1 rings (SSSR count). The van der Waals surface area contributed by atoms with Crippen molar-refractivity contribution in [1.29, 1.82) is 0 Å². The zero-order valence-corrected chi connectivity index (χ0v) is 12.5. The SMILES string of the molecule is CCC(C)(CC(C)(C)c1ccc(O)cc1)C(=O)OC. The zero-order valence-electron chi connectivity index (χ0n) is 12.5. The van der Waals surface area contributed by atoms with Gasteiger partial charge in [0.1, 0.15) is 5.75 Å². The Hall–Kier alpha value is -1.51. The molecule has 0 aliphatic carbocycles. The molecule has 0 amide bonds. The van der Waals surface area contributed by atoms with Crippen LogP contribution in [0.25, 0.3) is 0 Å². The van der Waals surface area contributed by atoms with E-state index in [2.05, 4.69) is 13.8 Å². The number of hydrogen-bond acceptors (Lipinski definition) is 3. The average Bonchev–Trinajstić information content (AvgIpc) is 2.37. The van der Waals surface area contributed by atoms with E-state index in [0.29, 0.717) is 6.42 Å². The van der Waals surface area contributed by atoms with Crippen molar-refractivity contribution >= 4 is 5.97 Å². The molecule has 1 aromatic rings. The number of aromatic hydroxyl groups is 1. The van der Waals surface area contributed by atoms with Crippen molar-refractivity contribution in [3.05, 3.63) is 29.8 Å². The van der Waals surface area contributed by atoms with E-state index >= 15 is 0 Å². The van der Waals surface area contributed by atoms with Crippen LogP contribution in [0.5, 0.6) is 5.75 Å². The zero-order chi connectivity index (χ0) is 14.7. The number of hydrogen-bond donors (Lipinski definition) is 1. The molecule has 1 N–H and O–H groups in total. The first-order valence-corrected chi connectivity index (χ1v) is 6.63. The smallest absolute Gasteiger partial charge is 0.311 e. The normalized spacial score (nSPS) is 14.8. The molecule has 0 radical (unpaired) electrons. The number of benzene rings is 1. The number of carbonyl (C=O) groups is 1. The Morgan fingerprint density at radius 3 is 2.16 bits per heavy atom. The van der Waals surface area contributed by atoms with Gasteiger partial charge in [0.25, 0.3) is 0 Å². The summed E-state index contributed by atoms with van der Waals surface area (Å²) >= 11 is 0. The number of phenols is 1. The van der Waals surface area contributed by atoms with Crippen LogP contribution in [0.4, 0.5) is 0 Å². The van der Waals surface area contributed by atoms with Crippen molar-refractivity contribution in [1.82, 2.24) is 0 Å². The third-order valence-electron chi connectivity index (χ3n) is 3.94. The van der Waals surface area contributed by atoms with Crippen LogP contribution >= 0.6 is 0 Å². The van der Waals surface area contributed by atoms with Crippen LogP contribution in [-0.2, 0) is 14.9 Å². The van der Waals surface area contributed by atoms with E-state index in [1.54, 1.807) is 12.1 Å². The number of methoxy groups -OCH3 is 1. The molecule has 0 saturated heterocycles. The van der Waals surface area contributed by atoms with Crippen LogP contribution in [0.15, 0.2) is 24.3 Å². The highest BCUT2D eigenvalue weighted by Crippen LogP contribution is 2.39. The van der Waals surface area contributed by atoms with E-state index in [4.69, 9.17) is 4.74 Å². The van der Waals surface area contributed by atoms with Gasteiger partial charge in [-0.2, -0.15) is 0 Å². The average molecular weight is 264 g/mol. The highest BCUT2D eigenvalue weighted by Gasteiger charge is 2.38. The lowest BCUT2D eigenvalue weighted by molar-refractivity contribution is -0.153. The molecule has 0 saturated carbocycles. The van der Waals surface area contributed by atoms with Crippen molar-refractivity contribution in [3.63, 3.8) is 0 Å². The standard InChI is InChI=1S/C16H24O3/c1-6-16(4,14(18)19-5)11-15(2,3)12-7-9-13(17)10-8-12/h7-10,17H,6,11H2,1-5H3. The molecule has 19 heavy (non-hydrogen) atoms. The van der Waals surface area contributed by atoms with E-state index in [0.717, 1.165) is 12.0 Å². The van der Waals surface area contributed by atoms with Gasteiger partial charge in [-0.3, -0.25) is 4.79 Å². The second-order valence-electron chi connectivity index (χ2n) is 6.01. The van der Waals surface area contributed by atoms with Gasteiger partial charge >= 0.3 is 5.97 Å². The molecular weight excluding hydrogens is 240 g/mol. The Bertz CT molecular complexity index is 434. The molecule has 3 heteroatoms. The Morgan fingerprint density at radius 1 is 1.21 bits per heavy atom. The van der Waals surface area contributed by atoms with Crippen molar-refractivity contribution in [2.75, 3.05) is 7.11 Å². The molecule has 0 aliphatic rings. The summed E-state index contributed by atoms with van der Waals surface area (Å²) in [6, 6.07) is 7.17. The minimum Gasteiger partial charge on any atom is -0.508 e. The highest BCUT2D eigenvalue weighted by molar-refractivity contribution is 5.76. The summed E-state index contributed by atoms with van der Waals surface area (Å²) in [6.07, 6.45) is 1.44. The topological polar surface area (TPSA) is 46.5 Å². The van der Waals surface area contributed by atoms with Crippen LogP contribution in [-0.4, -0.2) is 18.2 Å². The molecule has 0 heterocycles. The predicted molar refractivity (Wildman–Crippen MR) is 76.2 cm³/mol. The van der Waals surface area contributed by atoms with Crippen LogP contribution in [0.2, 0.25) is 0 Å². The van der Waals surface area contributed by atoms with Gasteiger partial charge in [-0.25, -0.2) is 0 Å². The van der Waals surface area contributed by atoms with Gasteiger partial charge in [0.05, 0.1) is 12.5 Å². The molecule has 0 aromatic heterocycles. The number of carbonyl (C=O) groups excluding carboxylic acids is 1. The molecule has 1 unspecified atom stereocenters. The van der Waals surface area contributed by atoms with Gasteiger partial charge in [0.15, 0.2) is 0 Å². The second-order valence-corrected chi connectivity index (χ2v) is 6.01. The highest BCUT2D eigenvalue weighted by atomic mass is 16.5. The number of esters is 1. The second kappa shape index (κ2) is 5.64. The number of phenolic OH excluding ortho intramolecular Hbond substituents is 1. The third kappa shape index (κ3) is 3.49. The fourth-order valence-corrected chi connectivity index (χ4v) is 2.58. The van der Waals surface area contributed by atoms with Gasteiger partial charge in [0.2, 0.25) is 0 Å². The molecule has 1 aromatic carbocycles. The number of rotatable bonds is 5. The van der Waals surface area contributed by atoms with Gasteiger partial charge < -0.3 is 9.84 Å². The predicted octanol–water partition coefficient (Wildman–Crippen LogP) is 3.65. The largest absolute Gasteiger partial charge is 0.508 e. The Balaban J connectivity index is 3.00. The molecule has 1 atom stereocenters. The van der Waals surface area contributed by atoms with Crippen LogP contribution in [0.3, 0.4) is 0 Å². The molecule has 3 nitrogen and oxygen atoms in total. The number of ether oxygens (including phenoxy) is 1. The van der Waals surface area contributed by atoms with E-state index in [1.165, 1.54) is 7.11 Å². The van der Waals surface area contributed by atoms with Crippen LogP contribution in [0, 0.1) is 5.41 Å². The molecule has 0 spiro atoms. The lowest BCUT2D eigenvalue weighted by atomic mass is 9.69. The van der Waals surface area contributed by atoms with Crippen molar-refractivity contribution in [2.24, 2.45) is 5.41 Å². The molecular formula is C16H24O3. The van der Waals surface area contributed by atoms with Crippen molar-refractivity contribution < 1.29 is 14.6 Å². The maximum atomic E-state index is 12.0. The van der Waals surface area contributed by atoms with Gasteiger partial charge in [-0.05, 0) is 42.9 Å². The minimum absolute atomic E-state index is 0.160. The molecule has 106 valence electrons. The van der Waals surface area contributed by atoms with E-state index in [1.807, 2.05) is 26.0 Å². The fraction of sp³-hybridized carbons (Fsp3) is 0.562. The maximum Gasteiger partial charge on any atom is 0.311 e. The summed E-state index contributed by atoms with van der Waals surface area (Å²) in [5.74, 6) is 0.0904. The molecule has 0 aliphatic heterocycles. The first-order chi connectivity index (χ1) is 8.75. The lowest BCUT2D eigenvalue weighted by Crippen LogP contribution is -2.35. The van der Waals surface area contributed by atoms with Gasteiger partial charge in [0, 0.05) is 0 Å². The van der Waals surface area contributed by atoms with E-state index in [9.17, 15) is 9.90 Å². The van der Waals surface area contributed by atoms with Crippen molar-refractivity contribution in [2.45, 2.75) is 46.0 Å². The van der Waals surface area contributed by atoms with Crippen LogP contribution in [0.1, 0.15) is 46.1 Å². The van der Waals surface area contributed by atoms with Gasteiger partial charge in [-0.1, -0.05) is 32.9 Å². The Kier molecular flexibility index (Phi) is 4.61. The first kappa shape index (κ1) is 15.5. The third-order valence-corrected chi connectivity index (χ3v) is 3.94. The monoisotopic (exact) mass is 264 g/mol. The van der Waals surface area contributed by atoms with E-state index in [-0.39, 0.29) is 17.1 Å². The summed E-state index contributed by atoms with van der Waals surface area (Å²) in [5.41, 5.74) is 0.455. The van der Waals surface area contributed by atoms with E-state index < -0.39 is 5.41 Å². The first-order valence-electron chi connectivity index (χ1n) is 6.63. The molecule has 0 fully saturated rings. The summed E-state index contributed by atoms with van der Waals surface area (Å²) in [5, 5.41) is 9.35. The van der Waals surface area contributed by atoms with Gasteiger partial charge in [-0.15, -0.1) is 0 Å². The lowest BCUT2D eigenvalue weighted by Gasteiger charge is -2.35. The summed E-state index contributed by atoms with van der Waals surface area (Å²) in [6.45, 7) is 8.16. The van der Waals surface area contributed by atoms with Crippen molar-refractivity contribution in [3.8, 4) is 5.75 Å².